The van der Waals surface area contributed by atoms with Crippen LogP contribution in [-0.2, 0) is 17.6 Å². The molecule has 0 aliphatic carbocycles. The molecule has 1 amide bonds. The molecule has 0 aliphatic rings. The predicted molar refractivity (Wildman–Crippen MR) is 167 cm³/mol. The Hall–Kier alpha value is -3.83. The smallest absolute Gasteiger partial charge is 0.247 e. The molecule has 3 aromatic carbocycles. The number of nitrogens with zero attached hydrogens (tertiary/aromatic N) is 1. The molecule has 0 fully saturated rings. The van der Waals surface area contributed by atoms with Gasteiger partial charge in [0.25, 0.3) is 0 Å². The van der Waals surface area contributed by atoms with Gasteiger partial charge in [-0.05, 0) is 60.2 Å². The minimum atomic E-state index is -0.548. The summed E-state index contributed by atoms with van der Waals surface area (Å²) in [6, 6.07) is 20.8. The van der Waals surface area contributed by atoms with E-state index in [9.17, 15) is 4.79 Å². The zero-order valence-electron chi connectivity index (χ0n) is 23.2. The highest BCUT2D eigenvalue weighted by Crippen LogP contribution is 2.35. The van der Waals surface area contributed by atoms with E-state index >= 15 is 4.39 Å². The Morgan fingerprint density at radius 2 is 1.74 bits per heavy atom. The van der Waals surface area contributed by atoms with Gasteiger partial charge in [0.2, 0.25) is 5.91 Å². The van der Waals surface area contributed by atoms with Crippen molar-refractivity contribution < 1.29 is 9.18 Å². The lowest BCUT2D eigenvalue weighted by molar-refractivity contribution is -0.120. The van der Waals surface area contributed by atoms with Crippen LogP contribution in [0, 0.1) is 12.7 Å². The van der Waals surface area contributed by atoms with Gasteiger partial charge in [0.1, 0.15) is 11.9 Å². The van der Waals surface area contributed by atoms with Crippen LogP contribution in [0.15, 0.2) is 103 Å². The van der Waals surface area contributed by atoms with Gasteiger partial charge in [0.15, 0.2) is 0 Å². The fourth-order valence-electron chi connectivity index (χ4n) is 4.37. The van der Waals surface area contributed by atoms with Crippen LogP contribution in [0.3, 0.4) is 0 Å². The zero-order valence-corrected chi connectivity index (χ0v) is 24.1. The number of halogens is 1. The fraction of sp³-hybridized carbons (Fsp3) is 0.206. The average Bonchev–Trinajstić information content (AvgIpc) is 2.92. The molecule has 202 valence electrons. The highest BCUT2D eigenvalue weighted by Gasteiger charge is 2.24. The van der Waals surface area contributed by atoms with Crippen molar-refractivity contribution in [1.82, 2.24) is 4.90 Å². The number of hydrogen-bond donors (Lipinski definition) is 2. The maximum Gasteiger partial charge on any atom is 0.247 e. The van der Waals surface area contributed by atoms with Gasteiger partial charge in [0, 0.05) is 35.8 Å². The van der Waals surface area contributed by atoms with Crippen molar-refractivity contribution in [3.05, 3.63) is 137 Å². The summed E-state index contributed by atoms with van der Waals surface area (Å²) >= 11 is 4.79. The number of likely N-dealkylation sites (N-methyl/N-ethyl adjacent to an activating group) is 1. The maximum absolute atomic E-state index is 15.5. The van der Waals surface area contributed by atoms with Gasteiger partial charge < -0.3 is 10.2 Å². The van der Waals surface area contributed by atoms with Gasteiger partial charge in [-0.15, -0.1) is 12.6 Å². The summed E-state index contributed by atoms with van der Waals surface area (Å²) in [6.45, 7) is 13.5. The molecule has 3 aromatic rings. The third-order valence-electron chi connectivity index (χ3n) is 6.65. The van der Waals surface area contributed by atoms with Crippen LogP contribution >= 0.6 is 12.6 Å². The molecule has 0 aliphatic heterocycles. The molecule has 0 aromatic heterocycles. The molecular weight excluding hydrogens is 503 g/mol. The summed E-state index contributed by atoms with van der Waals surface area (Å²) in [4.78, 5) is 15.9. The maximum atomic E-state index is 15.5. The Labute approximate surface area is 237 Å². The van der Waals surface area contributed by atoms with Crippen molar-refractivity contribution in [2.45, 2.75) is 39.7 Å². The molecule has 39 heavy (non-hydrogen) atoms. The van der Waals surface area contributed by atoms with Crippen LogP contribution in [0.4, 0.5) is 10.1 Å². The van der Waals surface area contributed by atoms with Crippen molar-refractivity contribution in [2.75, 3.05) is 12.4 Å². The normalized spacial score (nSPS) is 12.6. The average molecular weight is 541 g/mol. The Morgan fingerprint density at radius 3 is 2.33 bits per heavy atom. The van der Waals surface area contributed by atoms with Crippen LogP contribution < -0.4 is 5.32 Å². The summed E-state index contributed by atoms with van der Waals surface area (Å²) in [7, 11) is 1.83. The number of anilines is 1. The molecular formula is C34H37FN2OS. The van der Waals surface area contributed by atoms with Crippen molar-refractivity contribution in [3.8, 4) is 0 Å². The summed E-state index contributed by atoms with van der Waals surface area (Å²) in [5.41, 5.74) is 5.90. The first-order valence-electron chi connectivity index (χ1n) is 13.0. The molecule has 0 spiro atoms. The van der Waals surface area contributed by atoms with E-state index in [-0.39, 0.29) is 11.7 Å². The Kier molecular flexibility index (Phi) is 10.5. The van der Waals surface area contributed by atoms with Gasteiger partial charge >= 0.3 is 0 Å². The number of rotatable bonds is 11. The van der Waals surface area contributed by atoms with E-state index in [1.807, 2.05) is 79.5 Å². The molecule has 3 rings (SSSR count). The number of amides is 1. The van der Waals surface area contributed by atoms with E-state index in [4.69, 9.17) is 12.6 Å². The predicted octanol–water partition coefficient (Wildman–Crippen LogP) is 8.25. The molecule has 1 atom stereocenters. The van der Waals surface area contributed by atoms with Crippen molar-refractivity contribution in [1.29, 1.82) is 0 Å². The molecule has 3 nitrogen and oxygen atoms in total. The first-order valence-corrected chi connectivity index (χ1v) is 13.5. The molecule has 1 N–H and O–H groups in total. The lowest BCUT2D eigenvalue weighted by Crippen LogP contribution is -2.41. The summed E-state index contributed by atoms with van der Waals surface area (Å²) in [6.07, 6.45) is 6.52. The third-order valence-corrected chi connectivity index (χ3v) is 7.00. The van der Waals surface area contributed by atoms with Crippen molar-refractivity contribution in [3.63, 3.8) is 0 Å². The molecule has 1 unspecified atom stereocenters. The van der Waals surface area contributed by atoms with Crippen LogP contribution in [0.1, 0.15) is 41.7 Å². The first kappa shape index (κ1) is 29.7. The number of carbonyl (C=O) groups excluding carboxylic acids is 1. The largest absolute Gasteiger partial charge is 0.367 e. The van der Waals surface area contributed by atoms with Gasteiger partial charge in [-0.2, -0.15) is 0 Å². The second-order valence-electron chi connectivity index (χ2n) is 9.64. The van der Waals surface area contributed by atoms with Crippen LogP contribution in [0.2, 0.25) is 0 Å². The molecule has 5 heteroatoms. The van der Waals surface area contributed by atoms with Gasteiger partial charge in [-0.3, -0.25) is 4.79 Å². The van der Waals surface area contributed by atoms with Gasteiger partial charge in [0.05, 0.1) is 0 Å². The van der Waals surface area contributed by atoms with Gasteiger partial charge in [-0.1, -0.05) is 92.4 Å². The van der Waals surface area contributed by atoms with E-state index in [2.05, 4.69) is 25.4 Å². The van der Waals surface area contributed by atoms with Crippen LogP contribution in [0.5, 0.6) is 0 Å². The first-order chi connectivity index (χ1) is 18.7. The van der Waals surface area contributed by atoms with E-state index in [0.29, 0.717) is 33.6 Å². The molecule has 0 bridgehead atoms. The third kappa shape index (κ3) is 7.61. The van der Waals surface area contributed by atoms with E-state index in [1.54, 1.807) is 31.3 Å². The van der Waals surface area contributed by atoms with Crippen molar-refractivity contribution in [2.24, 2.45) is 0 Å². The number of thiol groups is 1. The SMILES string of the molecule is C=C/C=C(\C(S)=C/N(C)C(Cc1ccccc1)C(=O)Nc1ccc(CC)cc1)c1c(C(=C)C)ccc(C)c1F. The molecule has 0 saturated carbocycles. The van der Waals surface area contributed by atoms with Crippen molar-refractivity contribution >= 4 is 35.4 Å². The van der Waals surface area contributed by atoms with Crippen LogP contribution in [0.25, 0.3) is 11.1 Å². The quantitative estimate of drug-likeness (QED) is 0.190. The number of carbonyl (C=O) groups is 1. The number of hydrogen-bond acceptors (Lipinski definition) is 3. The Balaban J connectivity index is 2.01. The molecule has 0 heterocycles. The Bertz CT molecular complexity index is 1390. The number of nitrogens with one attached hydrogen (secondary N) is 1. The van der Waals surface area contributed by atoms with E-state index in [0.717, 1.165) is 23.2 Å². The van der Waals surface area contributed by atoms with Crippen LogP contribution in [-0.4, -0.2) is 23.9 Å². The monoisotopic (exact) mass is 540 g/mol. The second kappa shape index (κ2) is 13.8. The Morgan fingerprint density at radius 1 is 1.08 bits per heavy atom. The summed E-state index contributed by atoms with van der Waals surface area (Å²) < 4.78 is 15.5. The van der Waals surface area contributed by atoms with E-state index in [1.165, 1.54) is 5.56 Å². The lowest BCUT2D eigenvalue weighted by Gasteiger charge is -2.27. The summed E-state index contributed by atoms with van der Waals surface area (Å²) in [5, 5.41) is 3.06. The zero-order chi connectivity index (χ0) is 28.5. The topological polar surface area (TPSA) is 32.3 Å². The van der Waals surface area contributed by atoms with Gasteiger partial charge in [-0.25, -0.2) is 4.39 Å². The second-order valence-corrected chi connectivity index (χ2v) is 10.1. The van der Waals surface area contributed by atoms with E-state index < -0.39 is 6.04 Å². The summed E-state index contributed by atoms with van der Waals surface area (Å²) in [5.74, 6) is -0.484. The number of allylic oxidation sites excluding steroid dienone is 4. The minimum Gasteiger partial charge on any atom is -0.367 e. The molecule has 0 saturated heterocycles. The fourth-order valence-corrected chi connectivity index (χ4v) is 4.74. The highest BCUT2D eigenvalue weighted by atomic mass is 32.1. The highest BCUT2D eigenvalue weighted by molar-refractivity contribution is 7.85. The minimum absolute atomic E-state index is 0.151. The number of aryl methyl sites for hydroxylation is 2. The standard InChI is InChI=1S/C34H37FN2OS/c1-7-12-29(32-28(23(3)4)20-15-24(5)33(32)35)31(39)22-37(6)30(21-26-13-10-9-11-14-26)34(38)36-27-18-16-25(8-2)17-19-27/h7,9-20,22,30,39H,1,3,8,21H2,2,4-6H3,(H,36,38)/b29-12+,31-22+. The molecule has 0 radical (unpaired) electrons. The number of benzene rings is 3. The lowest BCUT2D eigenvalue weighted by atomic mass is 9.92.